The van der Waals surface area contributed by atoms with Crippen LogP contribution in [0, 0.1) is 5.92 Å². The van der Waals surface area contributed by atoms with E-state index in [1.165, 1.54) is 0 Å². The summed E-state index contributed by atoms with van der Waals surface area (Å²) < 4.78 is 25.8. The fourth-order valence-corrected chi connectivity index (χ4v) is 2.72. The van der Waals surface area contributed by atoms with Gasteiger partial charge >= 0.3 is 0 Å². The highest BCUT2D eigenvalue weighted by molar-refractivity contribution is 7.90. The fourth-order valence-electron chi connectivity index (χ4n) is 1.76. The van der Waals surface area contributed by atoms with Gasteiger partial charge in [0.05, 0.1) is 5.25 Å². The molecule has 1 aliphatic rings. The summed E-state index contributed by atoms with van der Waals surface area (Å²) in [6.07, 6.45) is 2.86. The van der Waals surface area contributed by atoms with Crippen molar-refractivity contribution in [2.75, 3.05) is 6.54 Å². The molecule has 0 heterocycles. The third kappa shape index (κ3) is 2.93. The molecule has 5 heteroatoms. The summed E-state index contributed by atoms with van der Waals surface area (Å²) in [6.45, 7) is 4.05. The molecular formula is C9H20N2O2S. The van der Waals surface area contributed by atoms with Crippen molar-refractivity contribution >= 4 is 10.0 Å². The average Bonchev–Trinajstić information content (AvgIpc) is 2.51. The molecule has 1 saturated carbocycles. The third-order valence-electron chi connectivity index (χ3n) is 2.83. The minimum atomic E-state index is -3.10. The van der Waals surface area contributed by atoms with Crippen molar-refractivity contribution in [3.63, 3.8) is 0 Å². The SMILES string of the molecule is CC(C)S(=O)(=O)NC1CCC(CN)C1. The zero-order valence-electron chi connectivity index (χ0n) is 8.86. The zero-order valence-corrected chi connectivity index (χ0v) is 9.68. The van der Waals surface area contributed by atoms with Crippen molar-refractivity contribution < 1.29 is 8.42 Å². The van der Waals surface area contributed by atoms with Gasteiger partial charge in [-0.1, -0.05) is 0 Å². The molecule has 3 N–H and O–H groups in total. The van der Waals surface area contributed by atoms with Crippen LogP contribution in [-0.4, -0.2) is 26.3 Å². The molecule has 0 aromatic heterocycles. The third-order valence-corrected chi connectivity index (χ3v) is 4.73. The molecule has 84 valence electrons. The van der Waals surface area contributed by atoms with Crippen LogP contribution in [0.5, 0.6) is 0 Å². The first kappa shape index (κ1) is 11.9. The second-order valence-corrected chi connectivity index (χ2v) is 6.59. The summed E-state index contributed by atoms with van der Waals surface area (Å²) in [5, 5.41) is -0.348. The maximum atomic E-state index is 11.5. The van der Waals surface area contributed by atoms with E-state index in [2.05, 4.69) is 4.72 Å². The minimum Gasteiger partial charge on any atom is -0.330 e. The first-order valence-corrected chi connectivity index (χ1v) is 6.71. The van der Waals surface area contributed by atoms with Crippen molar-refractivity contribution in [2.24, 2.45) is 11.7 Å². The van der Waals surface area contributed by atoms with E-state index in [0.29, 0.717) is 12.5 Å². The van der Waals surface area contributed by atoms with E-state index in [-0.39, 0.29) is 11.3 Å². The van der Waals surface area contributed by atoms with Gasteiger partial charge in [0.15, 0.2) is 0 Å². The van der Waals surface area contributed by atoms with E-state index >= 15 is 0 Å². The largest absolute Gasteiger partial charge is 0.330 e. The first-order chi connectivity index (χ1) is 6.45. The van der Waals surface area contributed by atoms with Crippen LogP contribution in [0.15, 0.2) is 0 Å². The van der Waals surface area contributed by atoms with Crippen molar-refractivity contribution in [1.29, 1.82) is 0 Å². The predicted octanol–water partition coefficient (Wildman–Crippen LogP) is 0.442. The van der Waals surface area contributed by atoms with Crippen LogP contribution in [0.1, 0.15) is 33.1 Å². The van der Waals surface area contributed by atoms with Crippen LogP contribution in [0.3, 0.4) is 0 Å². The Labute approximate surface area is 86.3 Å². The number of hydrogen-bond donors (Lipinski definition) is 2. The molecule has 14 heavy (non-hydrogen) atoms. The van der Waals surface area contributed by atoms with Crippen molar-refractivity contribution in [3.8, 4) is 0 Å². The topological polar surface area (TPSA) is 72.2 Å². The molecule has 0 spiro atoms. The molecule has 0 radical (unpaired) electrons. The lowest BCUT2D eigenvalue weighted by molar-refractivity contribution is 0.519. The highest BCUT2D eigenvalue weighted by atomic mass is 32.2. The van der Waals surface area contributed by atoms with Gasteiger partial charge in [-0.3, -0.25) is 0 Å². The van der Waals surface area contributed by atoms with Crippen LogP contribution in [0.4, 0.5) is 0 Å². The van der Waals surface area contributed by atoms with E-state index in [9.17, 15) is 8.42 Å². The highest BCUT2D eigenvalue weighted by Gasteiger charge is 2.28. The van der Waals surface area contributed by atoms with Crippen LogP contribution >= 0.6 is 0 Å². The summed E-state index contributed by atoms with van der Waals surface area (Å²) in [5.41, 5.74) is 5.54. The number of nitrogens with two attached hydrogens (primary N) is 1. The van der Waals surface area contributed by atoms with Crippen LogP contribution in [0.25, 0.3) is 0 Å². The maximum absolute atomic E-state index is 11.5. The van der Waals surface area contributed by atoms with Gasteiger partial charge in [-0.05, 0) is 45.6 Å². The standard InChI is InChI=1S/C9H20N2O2S/c1-7(2)14(12,13)11-9-4-3-8(5-9)6-10/h7-9,11H,3-6,10H2,1-2H3. The molecule has 1 rings (SSSR count). The first-order valence-electron chi connectivity index (χ1n) is 5.17. The van der Waals surface area contributed by atoms with Crippen LogP contribution in [0.2, 0.25) is 0 Å². The van der Waals surface area contributed by atoms with Gasteiger partial charge in [-0.15, -0.1) is 0 Å². The van der Waals surface area contributed by atoms with Crippen molar-refractivity contribution in [1.82, 2.24) is 4.72 Å². The van der Waals surface area contributed by atoms with E-state index < -0.39 is 10.0 Å². The van der Waals surface area contributed by atoms with Gasteiger partial charge in [0.25, 0.3) is 0 Å². The molecule has 2 atom stereocenters. The van der Waals surface area contributed by atoms with E-state index in [4.69, 9.17) is 5.73 Å². The maximum Gasteiger partial charge on any atom is 0.214 e. The predicted molar refractivity (Wildman–Crippen MR) is 57.4 cm³/mol. The summed E-state index contributed by atoms with van der Waals surface area (Å²) in [4.78, 5) is 0. The molecule has 0 bridgehead atoms. The lowest BCUT2D eigenvalue weighted by Crippen LogP contribution is -2.37. The van der Waals surface area contributed by atoms with E-state index in [0.717, 1.165) is 19.3 Å². The molecule has 0 saturated heterocycles. The molecule has 0 amide bonds. The summed E-state index contributed by atoms with van der Waals surface area (Å²) >= 11 is 0. The quantitative estimate of drug-likeness (QED) is 0.722. The van der Waals surface area contributed by atoms with Gasteiger partial charge in [0.2, 0.25) is 10.0 Å². The van der Waals surface area contributed by atoms with E-state index in [1.807, 2.05) is 0 Å². The number of rotatable bonds is 4. The Bertz CT molecular complexity index is 275. The average molecular weight is 220 g/mol. The Hall–Kier alpha value is -0.130. The molecule has 0 aliphatic heterocycles. The summed E-state index contributed by atoms with van der Waals surface area (Å²) in [5.74, 6) is 0.495. The summed E-state index contributed by atoms with van der Waals surface area (Å²) in [6, 6.07) is 0.107. The molecule has 0 aromatic rings. The second-order valence-electron chi connectivity index (χ2n) is 4.32. The molecule has 1 aliphatic carbocycles. The van der Waals surface area contributed by atoms with Crippen molar-refractivity contribution in [2.45, 2.75) is 44.4 Å². The lowest BCUT2D eigenvalue weighted by atomic mass is 10.1. The Morgan fingerprint density at radius 3 is 2.50 bits per heavy atom. The highest BCUT2D eigenvalue weighted by Crippen LogP contribution is 2.25. The van der Waals surface area contributed by atoms with Gasteiger partial charge < -0.3 is 5.73 Å². The fraction of sp³-hybridized carbons (Fsp3) is 1.00. The Balaban J connectivity index is 2.47. The van der Waals surface area contributed by atoms with Crippen LogP contribution in [-0.2, 0) is 10.0 Å². The smallest absolute Gasteiger partial charge is 0.214 e. The van der Waals surface area contributed by atoms with Gasteiger partial charge in [-0.25, -0.2) is 13.1 Å². The number of nitrogens with one attached hydrogen (secondary N) is 1. The Morgan fingerprint density at radius 1 is 1.43 bits per heavy atom. The second kappa shape index (κ2) is 4.59. The normalized spacial score (nSPS) is 28.6. The molecule has 1 fully saturated rings. The van der Waals surface area contributed by atoms with Crippen LogP contribution < -0.4 is 10.5 Å². The number of hydrogen-bond acceptors (Lipinski definition) is 3. The number of sulfonamides is 1. The monoisotopic (exact) mass is 220 g/mol. The van der Waals surface area contributed by atoms with Gasteiger partial charge in [0.1, 0.15) is 0 Å². The Morgan fingerprint density at radius 2 is 2.07 bits per heavy atom. The molecule has 2 unspecified atom stereocenters. The molecular weight excluding hydrogens is 200 g/mol. The van der Waals surface area contributed by atoms with E-state index in [1.54, 1.807) is 13.8 Å². The molecule has 4 nitrogen and oxygen atoms in total. The summed E-state index contributed by atoms with van der Waals surface area (Å²) in [7, 11) is -3.10. The Kier molecular flexibility index (Phi) is 3.92. The zero-order chi connectivity index (χ0) is 10.8. The van der Waals surface area contributed by atoms with Gasteiger partial charge in [0, 0.05) is 6.04 Å². The van der Waals surface area contributed by atoms with Gasteiger partial charge in [-0.2, -0.15) is 0 Å². The minimum absolute atomic E-state index is 0.107. The molecule has 0 aromatic carbocycles. The lowest BCUT2D eigenvalue weighted by Gasteiger charge is -2.15. The van der Waals surface area contributed by atoms with Crippen molar-refractivity contribution in [3.05, 3.63) is 0 Å².